The highest BCUT2D eigenvalue weighted by Crippen LogP contribution is 2.38. The van der Waals surface area contributed by atoms with Crippen LogP contribution in [0.25, 0.3) is 0 Å². The number of benzene rings is 2. The predicted octanol–water partition coefficient (Wildman–Crippen LogP) is 4.42. The second-order valence-electron chi connectivity index (χ2n) is 7.63. The first kappa shape index (κ1) is 23.5. The number of halogens is 6. The van der Waals surface area contributed by atoms with E-state index in [1.54, 1.807) is 18.2 Å². The first-order valence-corrected chi connectivity index (χ1v) is 9.97. The van der Waals surface area contributed by atoms with Gasteiger partial charge in [0.05, 0.1) is 17.2 Å². The largest absolute Gasteiger partial charge is 0.486 e. The topological polar surface area (TPSA) is 79.9 Å². The smallest absolute Gasteiger partial charge is 0.416 e. The third-order valence-corrected chi connectivity index (χ3v) is 5.14. The van der Waals surface area contributed by atoms with E-state index in [1.807, 2.05) is 5.32 Å². The Morgan fingerprint density at radius 2 is 1.53 bits per heavy atom. The van der Waals surface area contributed by atoms with Crippen molar-refractivity contribution in [2.75, 3.05) is 30.0 Å². The summed E-state index contributed by atoms with van der Waals surface area (Å²) in [4.78, 5) is 26.1. The van der Waals surface area contributed by atoms with E-state index >= 15 is 0 Å². The van der Waals surface area contributed by atoms with Crippen LogP contribution in [0.3, 0.4) is 0 Å². The zero-order valence-electron chi connectivity index (χ0n) is 17.2. The number of carbonyl (C=O) groups is 2. The standard InChI is InChI=1S/C21H17F6N3O4/c22-20(23,24)11-5-12(21(25,26)27)7-13(6-11)28-19(32)29-14-8-18(31)30(10-14)15-1-2-16-17(9-15)34-4-3-33-16/h1-2,5-7,9,14H,3-4,8,10H2,(H2,28,29,32). The number of carbonyl (C=O) groups excluding carboxylic acids is 2. The first-order valence-electron chi connectivity index (χ1n) is 9.97. The number of amides is 3. The molecule has 2 aliphatic rings. The van der Waals surface area contributed by atoms with Crippen LogP contribution >= 0.6 is 0 Å². The van der Waals surface area contributed by atoms with E-state index in [-0.39, 0.29) is 24.9 Å². The van der Waals surface area contributed by atoms with E-state index in [2.05, 4.69) is 5.32 Å². The van der Waals surface area contributed by atoms with E-state index < -0.39 is 41.2 Å². The number of alkyl halides is 6. The highest BCUT2D eigenvalue weighted by molar-refractivity contribution is 5.98. The Hall–Kier alpha value is -3.64. The van der Waals surface area contributed by atoms with Crippen LogP contribution in [0.15, 0.2) is 36.4 Å². The number of hydrogen-bond donors (Lipinski definition) is 2. The maximum atomic E-state index is 13.0. The molecule has 0 bridgehead atoms. The van der Waals surface area contributed by atoms with Crippen LogP contribution in [0.2, 0.25) is 0 Å². The number of nitrogens with one attached hydrogen (secondary N) is 2. The van der Waals surface area contributed by atoms with Crippen molar-refractivity contribution >= 4 is 23.3 Å². The summed E-state index contributed by atoms with van der Waals surface area (Å²) in [6.07, 6.45) is -10.2. The molecule has 2 heterocycles. The van der Waals surface area contributed by atoms with Crippen LogP contribution in [0.1, 0.15) is 17.5 Å². The highest BCUT2D eigenvalue weighted by Gasteiger charge is 2.37. The van der Waals surface area contributed by atoms with E-state index in [4.69, 9.17) is 9.47 Å². The highest BCUT2D eigenvalue weighted by atomic mass is 19.4. The van der Waals surface area contributed by atoms with Crippen molar-refractivity contribution in [2.45, 2.75) is 24.8 Å². The molecule has 0 spiro atoms. The van der Waals surface area contributed by atoms with Gasteiger partial charge in [0.1, 0.15) is 13.2 Å². The second kappa shape index (κ2) is 8.61. The second-order valence-corrected chi connectivity index (χ2v) is 7.63. The van der Waals surface area contributed by atoms with Crippen molar-refractivity contribution < 1.29 is 45.4 Å². The summed E-state index contributed by atoms with van der Waals surface area (Å²) in [6, 6.07) is 3.86. The number of ether oxygens (including phenoxy) is 2. The lowest BCUT2D eigenvalue weighted by molar-refractivity contribution is -0.143. The lowest BCUT2D eigenvalue weighted by Crippen LogP contribution is -2.39. The molecule has 1 atom stereocenters. The number of fused-ring (bicyclic) bond motifs is 1. The molecule has 1 fully saturated rings. The maximum Gasteiger partial charge on any atom is 0.416 e. The molecule has 182 valence electrons. The normalized spacial score (nSPS) is 18.1. The summed E-state index contributed by atoms with van der Waals surface area (Å²) in [5, 5.41) is 4.39. The molecule has 7 nitrogen and oxygen atoms in total. The van der Waals surface area contributed by atoms with Gasteiger partial charge in [-0.3, -0.25) is 4.79 Å². The van der Waals surface area contributed by atoms with Gasteiger partial charge in [-0.1, -0.05) is 0 Å². The Balaban J connectivity index is 1.44. The van der Waals surface area contributed by atoms with Crippen molar-refractivity contribution in [1.29, 1.82) is 0 Å². The lowest BCUT2D eigenvalue weighted by atomic mass is 10.1. The van der Waals surface area contributed by atoms with Gasteiger partial charge in [-0.05, 0) is 30.3 Å². The Bertz CT molecular complexity index is 1090. The van der Waals surface area contributed by atoms with Crippen LogP contribution in [0, 0.1) is 0 Å². The maximum absolute atomic E-state index is 13.0. The van der Waals surface area contributed by atoms with Crippen LogP contribution in [-0.4, -0.2) is 37.7 Å². The molecule has 0 saturated carbocycles. The minimum Gasteiger partial charge on any atom is -0.486 e. The lowest BCUT2D eigenvalue weighted by Gasteiger charge is -2.22. The molecule has 0 aromatic heterocycles. The molecule has 1 saturated heterocycles. The predicted molar refractivity (Wildman–Crippen MR) is 107 cm³/mol. The number of urea groups is 1. The summed E-state index contributed by atoms with van der Waals surface area (Å²) in [6.45, 7) is 0.787. The van der Waals surface area contributed by atoms with E-state index in [1.165, 1.54) is 4.90 Å². The van der Waals surface area contributed by atoms with Gasteiger partial charge in [-0.25, -0.2) is 4.79 Å². The molecule has 2 aromatic carbocycles. The number of nitrogens with zero attached hydrogens (tertiary/aromatic N) is 1. The van der Waals surface area contributed by atoms with Gasteiger partial charge in [-0.15, -0.1) is 0 Å². The number of anilines is 2. The van der Waals surface area contributed by atoms with Gasteiger partial charge in [-0.2, -0.15) is 26.3 Å². The van der Waals surface area contributed by atoms with Crippen LogP contribution in [0.4, 0.5) is 42.5 Å². The monoisotopic (exact) mass is 489 g/mol. The Kier molecular flexibility index (Phi) is 5.96. The summed E-state index contributed by atoms with van der Waals surface area (Å²) >= 11 is 0. The van der Waals surface area contributed by atoms with E-state index in [0.29, 0.717) is 42.5 Å². The summed E-state index contributed by atoms with van der Waals surface area (Å²) in [7, 11) is 0. The molecule has 3 amide bonds. The average Bonchev–Trinajstić information content (AvgIpc) is 3.11. The van der Waals surface area contributed by atoms with Crippen molar-refractivity contribution in [2.24, 2.45) is 0 Å². The van der Waals surface area contributed by atoms with Crippen LogP contribution in [0.5, 0.6) is 11.5 Å². The van der Waals surface area contributed by atoms with Crippen LogP contribution in [-0.2, 0) is 17.1 Å². The number of rotatable bonds is 3. The molecule has 2 aliphatic heterocycles. The van der Waals surface area contributed by atoms with E-state index in [0.717, 1.165) is 0 Å². The zero-order chi connectivity index (χ0) is 24.7. The molecule has 0 radical (unpaired) electrons. The van der Waals surface area contributed by atoms with Crippen molar-refractivity contribution in [3.8, 4) is 11.5 Å². The third kappa shape index (κ3) is 5.13. The molecule has 1 unspecified atom stereocenters. The van der Waals surface area contributed by atoms with Gasteiger partial charge < -0.3 is 25.0 Å². The molecule has 4 rings (SSSR count). The average molecular weight is 489 g/mol. The zero-order valence-corrected chi connectivity index (χ0v) is 17.2. The van der Waals surface area contributed by atoms with Gasteiger partial charge in [0.2, 0.25) is 5.91 Å². The fourth-order valence-electron chi connectivity index (χ4n) is 3.63. The molecule has 2 N–H and O–H groups in total. The Labute approximate surface area is 188 Å². The minimum atomic E-state index is -5.05. The Morgan fingerprint density at radius 1 is 0.912 bits per heavy atom. The van der Waals surface area contributed by atoms with Gasteiger partial charge >= 0.3 is 18.4 Å². The van der Waals surface area contributed by atoms with Gasteiger partial charge in [0.25, 0.3) is 0 Å². The van der Waals surface area contributed by atoms with E-state index in [9.17, 15) is 35.9 Å². The van der Waals surface area contributed by atoms with Crippen LogP contribution < -0.4 is 25.0 Å². The third-order valence-electron chi connectivity index (χ3n) is 5.14. The van der Waals surface area contributed by atoms with Crippen molar-refractivity contribution in [3.63, 3.8) is 0 Å². The fourth-order valence-corrected chi connectivity index (χ4v) is 3.63. The molecule has 34 heavy (non-hydrogen) atoms. The van der Waals surface area contributed by atoms with Crippen molar-refractivity contribution in [3.05, 3.63) is 47.5 Å². The summed E-state index contributed by atoms with van der Waals surface area (Å²) in [5.41, 5.74) is -3.31. The molecule has 13 heteroatoms. The number of hydrogen-bond acceptors (Lipinski definition) is 4. The summed E-state index contributed by atoms with van der Waals surface area (Å²) < 4.78 is 88.9. The van der Waals surface area contributed by atoms with Gasteiger partial charge in [0.15, 0.2) is 11.5 Å². The summed E-state index contributed by atoms with van der Waals surface area (Å²) in [5.74, 6) is 0.645. The SMILES string of the molecule is O=C(Nc1cc(C(F)(F)F)cc(C(F)(F)F)c1)NC1CC(=O)N(c2ccc3c(c2)OCCO3)C1. The van der Waals surface area contributed by atoms with Gasteiger partial charge in [0, 0.05) is 30.4 Å². The molecule has 0 aliphatic carbocycles. The first-order chi connectivity index (χ1) is 15.9. The van der Waals surface area contributed by atoms with Crippen molar-refractivity contribution in [1.82, 2.24) is 5.32 Å². The Morgan fingerprint density at radius 3 is 2.15 bits per heavy atom. The minimum absolute atomic E-state index is 0.0378. The molecule has 2 aromatic rings. The fraction of sp³-hybridized carbons (Fsp3) is 0.333. The molecular formula is C21H17F6N3O4. The molecular weight excluding hydrogens is 472 g/mol. The quantitative estimate of drug-likeness (QED) is 0.626.